The molecule has 1 fully saturated rings. The van der Waals surface area contributed by atoms with Crippen molar-refractivity contribution in [3.05, 3.63) is 58.4 Å². The molecule has 0 aliphatic carbocycles. The molecule has 0 bridgehead atoms. The second-order valence-corrected chi connectivity index (χ2v) is 8.08. The number of anilines is 4. The van der Waals surface area contributed by atoms with Gasteiger partial charge in [0.05, 0.1) is 5.56 Å². The number of alkyl halides is 3. The summed E-state index contributed by atoms with van der Waals surface area (Å²) in [5.41, 5.74) is 6.48. The zero-order valence-electron chi connectivity index (χ0n) is 18.0. The van der Waals surface area contributed by atoms with Gasteiger partial charge < -0.3 is 20.7 Å². The summed E-state index contributed by atoms with van der Waals surface area (Å²) < 4.78 is 45.9. The number of halogens is 4. The number of nitrogens with zero attached hydrogens (tertiary/aromatic N) is 4. The molecular weight excluding hydrogens is 473 g/mol. The molecular formula is C22H20ClF3N6O2. The highest BCUT2D eigenvalue weighted by Crippen LogP contribution is 2.36. The second-order valence-electron chi connectivity index (χ2n) is 7.67. The number of nitrogen functional groups attached to an aromatic ring is 1. The summed E-state index contributed by atoms with van der Waals surface area (Å²) in [6.45, 7) is 1.94. The van der Waals surface area contributed by atoms with E-state index in [1.54, 1.807) is 12.1 Å². The van der Waals surface area contributed by atoms with E-state index in [0.29, 0.717) is 30.1 Å². The lowest BCUT2D eigenvalue weighted by Crippen LogP contribution is -2.24. The van der Waals surface area contributed by atoms with Crippen LogP contribution in [0.2, 0.25) is 5.02 Å². The number of nitrogens with one attached hydrogen (secondary N) is 1. The number of nitrogens with two attached hydrogens (primary N) is 1. The third-order valence-electron chi connectivity index (χ3n) is 5.10. The van der Waals surface area contributed by atoms with Crippen molar-refractivity contribution in [1.29, 1.82) is 0 Å². The highest BCUT2D eigenvalue weighted by Gasteiger charge is 2.33. The van der Waals surface area contributed by atoms with Crippen LogP contribution in [0, 0.1) is 6.92 Å². The Balaban J connectivity index is 1.55. The van der Waals surface area contributed by atoms with Gasteiger partial charge in [0.15, 0.2) is 5.82 Å². The molecule has 1 aliphatic rings. The molecule has 1 aliphatic heterocycles. The molecule has 3 N–H and O–H groups in total. The molecule has 0 saturated carbocycles. The fraction of sp³-hybridized carbons (Fsp3) is 0.273. The Kier molecular flexibility index (Phi) is 6.47. The van der Waals surface area contributed by atoms with E-state index in [0.717, 1.165) is 17.7 Å². The van der Waals surface area contributed by atoms with Crippen molar-refractivity contribution in [2.24, 2.45) is 0 Å². The van der Waals surface area contributed by atoms with Gasteiger partial charge in [0, 0.05) is 35.4 Å². The molecule has 1 amide bonds. The third kappa shape index (κ3) is 5.48. The first-order valence-electron chi connectivity index (χ1n) is 10.3. The molecule has 34 heavy (non-hydrogen) atoms. The van der Waals surface area contributed by atoms with Gasteiger partial charge in [-0.1, -0.05) is 17.7 Å². The van der Waals surface area contributed by atoms with Crippen molar-refractivity contribution in [3.8, 4) is 5.75 Å². The Morgan fingerprint density at radius 2 is 1.97 bits per heavy atom. The molecule has 8 nitrogen and oxygen atoms in total. The number of aryl methyl sites for hydroxylation is 1. The summed E-state index contributed by atoms with van der Waals surface area (Å²) >= 11 is 6.13. The van der Waals surface area contributed by atoms with Crippen LogP contribution in [0.4, 0.5) is 36.4 Å². The first kappa shape index (κ1) is 23.6. The highest BCUT2D eigenvalue weighted by atomic mass is 35.5. The van der Waals surface area contributed by atoms with Crippen molar-refractivity contribution in [3.63, 3.8) is 0 Å². The molecule has 2 heterocycles. The van der Waals surface area contributed by atoms with Gasteiger partial charge >= 0.3 is 6.18 Å². The molecule has 2 aromatic carbocycles. The van der Waals surface area contributed by atoms with E-state index in [1.165, 1.54) is 11.0 Å². The summed E-state index contributed by atoms with van der Waals surface area (Å²) in [4.78, 5) is 25.6. The van der Waals surface area contributed by atoms with Crippen molar-refractivity contribution >= 4 is 40.8 Å². The Morgan fingerprint density at radius 3 is 2.65 bits per heavy atom. The van der Waals surface area contributed by atoms with E-state index >= 15 is 0 Å². The quantitative estimate of drug-likeness (QED) is 0.505. The van der Waals surface area contributed by atoms with Crippen LogP contribution in [-0.2, 0) is 17.6 Å². The molecule has 12 heteroatoms. The zero-order chi connectivity index (χ0) is 24.5. The van der Waals surface area contributed by atoms with Crippen LogP contribution in [0.3, 0.4) is 0 Å². The van der Waals surface area contributed by atoms with Gasteiger partial charge in [0.2, 0.25) is 17.8 Å². The molecule has 1 aromatic heterocycles. The maximum absolute atomic E-state index is 13.4. The number of carbonyl (C=O) groups is 1. The third-order valence-corrected chi connectivity index (χ3v) is 5.51. The Hall–Kier alpha value is -3.60. The lowest BCUT2D eigenvalue weighted by Gasteiger charge is -2.19. The number of hydrogen-bond donors (Lipinski definition) is 2. The average Bonchev–Trinajstić information content (AvgIpc) is 3.20. The van der Waals surface area contributed by atoms with Gasteiger partial charge in [-0.25, -0.2) is 0 Å². The van der Waals surface area contributed by atoms with Crippen LogP contribution in [0.5, 0.6) is 5.75 Å². The van der Waals surface area contributed by atoms with Crippen LogP contribution < -0.4 is 20.7 Å². The fourth-order valence-electron chi connectivity index (χ4n) is 3.41. The predicted molar refractivity (Wildman–Crippen MR) is 121 cm³/mol. The van der Waals surface area contributed by atoms with Crippen LogP contribution in [0.1, 0.15) is 29.8 Å². The lowest BCUT2D eigenvalue weighted by molar-refractivity contribution is -0.137. The minimum absolute atomic E-state index is 0.0802. The maximum atomic E-state index is 13.4. The minimum Gasteiger partial charge on any atom is -0.486 e. The lowest BCUT2D eigenvalue weighted by atomic mass is 10.1. The number of ether oxygens (including phenoxy) is 1. The molecule has 3 aromatic rings. The minimum atomic E-state index is -4.61. The van der Waals surface area contributed by atoms with Gasteiger partial charge in [0.25, 0.3) is 0 Å². The van der Waals surface area contributed by atoms with Gasteiger partial charge in [0.1, 0.15) is 12.4 Å². The zero-order valence-corrected chi connectivity index (χ0v) is 18.7. The first-order chi connectivity index (χ1) is 16.1. The summed E-state index contributed by atoms with van der Waals surface area (Å²) in [6.07, 6.45) is -3.74. The van der Waals surface area contributed by atoms with Crippen molar-refractivity contribution in [1.82, 2.24) is 15.0 Å². The Morgan fingerprint density at radius 1 is 1.18 bits per heavy atom. The van der Waals surface area contributed by atoms with Gasteiger partial charge in [-0.3, -0.25) is 4.79 Å². The van der Waals surface area contributed by atoms with Gasteiger partial charge in [-0.05, 0) is 43.2 Å². The van der Waals surface area contributed by atoms with Gasteiger partial charge in [-0.2, -0.15) is 28.1 Å². The number of aromatic nitrogens is 3. The molecule has 1 saturated heterocycles. The normalized spacial score (nSPS) is 13.9. The van der Waals surface area contributed by atoms with Crippen LogP contribution in [-0.4, -0.2) is 27.4 Å². The molecule has 0 unspecified atom stereocenters. The number of amides is 1. The van der Waals surface area contributed by atoms with E-state index in [-0.39, 0.29) is 41.7 Å². The molecule has 4 rings (SSSR count). The molecule has 178 valence electrons. The highest BCUT2D eigenvalue weighted by molar-refractivity contribution is 6.31. The Labute approximate surface area is 197 Å². The van der Waals surface area contributed by atoms with Crippen LogP contribution in [0.25, 0.3) is 0 Å². The largest absolute Gasteiger partial charge is 0.486 e. The van der Waals surface area contributed by atoms with Crippen molar-refractivity contribution < 1.29 is 22.7 Å². The summed E-state index contributed by atoms with van der Waals surface area (Å²) in [5.74, 6) is -0.185. The van der Waals surface area contributed by atoms with Gasteiger partial charge in [-0.15, -0.1) is 0 Å². The first-order valence-corrected chi connectivity index (χ1v) is 10.7. The number of carbonyl (C=O) groups excluding carboxylic acids is 1. The molecule has 0 radical (unpaired) electrons. The summed E-state index contributed by atoms with van der Waals surface area (Å²) in [6, 6.07) is 8.47. The fourth-order valence-corrected chi connectivity index (χ4v) is 3.59. The second kappa shape index (κ2) is 9.34. The summed E-state index contributed by atoms with van der Waals surface area (Å²) in [7, 11) is 0. The van der Waals surface area contributed by atoms with E-state index in [4.69, 9.17) is 22.1 Å². The maximum Gasteiger partial charge on any atom is 0.416 e. The van der Waals surface area contributed by atoms with Crippen LogP contribution >= 0.6 is 11.6 Å². The monoisotopic (exact) mass is 492 g/mol. The van der Waals surface area contributed by atoms with Crippen molar-refractivity contribution in [2.75, 3.05) is 22.5 Å². The van der Waals surface area contributed by atoms with E-state index in [1.807, 2.05) is 13.0 Å². The molecule has 0 atom stereocenters. The number of hydrogen-bond acceptors (Lipinski definition) is 7. The van der Waals surface area contributed by atoms with E-state index in [2.05, 4.69) is 20.3 Å². The average molecular weight is 493 g/mol. The number of rotatable bonds is 6. The van der Waals surface area contributed by atoms with E-state index < -0.39 is 11.7 Å². The van der Waals surface area contributed by atoms with Crippen molar-refractivity contribution in [2.45, 2.75) is 32.5 Å². The molecule has 0 spiro atoms. The predicted octanol–water partition coefficient (Wildman–Crippen LogP) is 4.88. The Bertz CT molecular complexity index is 1240. The van der Waals surface area contributed by atoms with E-state index in [9.17, 15) is 18.0 Å². The van der Waals surface area contributed by atoms with Crippen LogP contribution in [0.15, 0.2) is 36.4 Å². The summed E-state index contributed by atoms with van der Waals surface area (Å²) in [5, 5.41) is 3.50. The smallest absolute Gasteiger partial charge is 0.416 e. The standard InChI is InChI=1S/C22H20ClF3N6O2/c1-12-4-5-14(9-17(12)23)28-21-30-18(29-20(27)31-21)11-34-16-8-13(22(24,25)26)7-15(10-16)32-6-2-3-19(32)33/h4-5,7-10H,2-3,6,11H2,1H3,(H3,27,28,29,30,31). The number of benzene rings is 2. The topological polar surface area (TPSA) is 106 Å². The SMILES string of the molecule is Cc1ccc(Nc2nc(N)nc(COc3cc(N4CCCC4=O)cc(C(F)(F)F)c3)n2)cc1Cl.